The molecular weight excluding hydrogens is 371 g/mol. The van der Waals surface area contributed by atoms with Gasteiger partial charge in [-0.05, 0) is 18.2 Å². The summed E-state index contributed by atoms with van der Waals surface area (Å²) in [6.07, 6.45) is 0.676. The maximum absolute atomic E-state index is 12.4. The molecule has 0 fully saturated rings. The van der Waals surface area contributed by atoms with E-state index in [0.717, 1.165) is 10.9 Å². The summed E-state index contributed by atoms with van der Waals surface area (Å²) >= 11 is 0. The maximum atomic E-state index is 12.4. The normalized spacial score (nSPS) is 12.5. The third-order valence-electron chi connectivity index (χ3n) is 3.52. The number of benzene rings is 1. The molecule has 0 atom stereocenters. The average molecular weight is 385 g/mol. The molecule has 1 N–H and O–H groups in total. The predicted molar refractivity (Wildman–Crippen MR) is 88.3 cm³/mol. The van der Waals surface area contributed by atoms with E-state index in [1.54, 1.807) is 6.07 Å². The number of nitrogens with one attached hydrogen (secondary N) is 1. The summed E-state index contributed by atoms with van der Waals surface area (Å²) < 4.78 is 61.3. The molecule has 3 rings (SSSR count). The highest BCUT2D eigenvalue weighted by molar-refractivity contribution is 7.90. The van der Waals surface area contributed by atoms with Crippen molar-refractivity contribution in [2.24, 2.45) is 0 Å². The van der Waals surface area contributed by atoms with Gasteiger partial charge in [-0.3, -0.25) is 4.68 Å². The number of halogens is 3. The van der Waals surface area contributed by atoms with E-state index in [1.807, 2.05) is 0 Å². The molecule has 0 bridgehead atoms. The van der Waals surface area contributed by atoms with E-state index in [1.165, 1.54) is 30.9 Å². The van der Waals surface area contributed by atoms with Crippen molar-refractivity contribution < 1.29 is 21.6 Å². The number of fused-ring (bicyclic) bond motifs is 1. The lowest BCUT2D eigenvalue weighted by Crippen LogP contribution is -2.17. The summed E-state index contributed by atoms with van der Waals surface area (Å²) in [5.74, 6) is 0.379. The number of rotatable bonds is 5. The first-order chi connectivity index (χ1) is 12.1. The Morgan fingerprint density at radius 3 is 2.69 bits per heavy atom. The van der Waals surface area contributed by atoms with Crippen LogP contribution in [0.5, 0.6) is 0 Å². The van der Waals surface area contributed by atoms with Gasteiger partial charge in [-0.25, -0.2) is 18.4 Å². The Balaban J connectivity index is 1.83. The second-order valence-electron chi connectivity index (χ2n) is 5.69. The first-order valence-electron chi connectivity index (χ1n) is 7.38. The molecule has 1 aromatic carbocycles. The van der Waals surface area contributed by atoms with E-state index < -0.39 is 22.6 Å². The Kier molecular flexibility index (Phi) is 4.57. The lowest BCUT2D eigenvalue weighted by Gasteiger charge is -2.08. The first kappa shape index (κ1) is 18.1. The van der Waals surface area contributed by atoms with Crippen molar-refractivity contribution in [3.05, 3.63) is 42.5 Å². The molecule has 3 aromatic rings. The molecule has 26 heavy (non-hydrogen) atoms. The third kappa shape index (κ3) is 4.28. The van der Waals surface area contributed by atoms with Gasteiger partial charge in [0.15, 0.2) is 9.84 Å². The molecule has 2 heterocycles. The van der Waals surface area contributed by atoms with Gasteiger partial charge in [-0.1, -0.05) is 0 Å². The SMILES string of the molecule is CS(=O)(=O)c1ccc2ncnc(NCc3cnn(CC(F)(F)F)c3)c2c1. The smallest absolute Gasteiger partial charge is 0.365 e. The number of alkyl halides is 3. The average Bonchev–Trinajstić information content (AvgIpc) is 2.97. The molecule has 0 unspecified atom stereocenters. The highest BCUT2D eigenvalue weighted by Crippen LogP contribution is 2.23. The molecule has 0 saturated heterocycles. The number of hydrogen-bond donors (Lipinski definition) is 1. The van der Waals surface area contributed by atoms with Crippen molar-refractivity contribution in [1.29, 1.82) is 0 Å². The van der Waals surface area contributed by atoms with Crippen LogP contribution in [0.2, 0.25) is 0 Å². The summed E-state index contributed by atoms with van der Waals surface area (Å²) in [5.41, 5.74) is 1.07. The quantitative estimate of drug-likeness (QED) is 0.725. The Bertz CT molecular complexity index is 1050. The van der Waals surface area contributed by atoms with E-state index in [0.29, 0.717) is 22.3 Å². The largest absolute Gasteiger partial charge is 0.408 e. The number of anilines is 1. The van der Waals surface area contributed by atoms with Crippen LogP contribution in [0.1, 0.15) is 5.56 Å². The minimum atomic E-state index is -4.35. The second kappa shape index (κ2) is 6.56. The van der Waals surface area contributed by atoms with E-state index in [9.17, 15) is 21.6 Å². The fourth-order valence-electron chi connectivity index (χ4n) is 2.36. The number of nitrogens with zero attached hydrogens (tertiary/aromatic N) is 4. The van der Waals surface area contributed by atoms with E-state index >= 15 is 0 Å². The summed E-state index contributed by atoms with van der Waals surface area (Å²) in [7, 11) is -3.40. The van der Waals surface area contributed by atoms with Crippen LogP contribution in [0, 0.1) is 0 Å². The summed E-state index contributed by atoms with van der Waals surface area (Å²) in [4.78, 5) is 8.29. The molecule has 138 valence electrons. The van der Waals surface area contributed by atoms with Crippen LogP contribution in [0.3, 0.4) is 0 Å². The highest BCUT2D eigenvalue weighted by Gasteiger charge is 2.28. The van der Waals surface area contributed by atoms with E-state index in [2.05, 4.69) is 20.4 Å². The lowest BCUT2D eigenvalue weighted by atomic mass is 10.2. The van der Waals surface area contributed by atoms with Crippen molar-refractivity contribution in [3.8, 4) is 0 Å². The zero-order valence-corrected chi connectivity index (χ0v) is 14.3. The zero-order chi connectivity index (χ0) is 18.9. The number of hydrogen-bond acceptors (Lipinski definition) is 6. The van der Waals surface area contributed by atoms with Gasteiger partial charge < -0.3 is 5.32 Å². The predicted octanol–water partition coefficient (Wildman–Crippen LogP) is 2.40. The van der Waals surface area contributed by atoms with Crippen LogP contribution >= 0.6 is 0 Å². The second-order valence-corrected chi connectivity index (χ2v) is 7.70. The van der Waals surface area contributed by atoms with E-state index in [4.69, 9.17) is 0 Å². The molecule has 0 amide bonds. The molecule has 0 saturated carbocycles. The Labute approximate surface area is 146 Å². The van der Waals surface area contributed by atoms with Crippen LogP contribution in [0.4, 0.5) is 19.0 Å². The van der Waals surface area contributed by atoms with Gasteiger partial charge in [0.25, 0.3) is 0 Å². The van der Waals surface area contributed by atoms with Crippen LogP contribution in [0.25, 0.3) is 10.9 Å². The topological polar surface area (TPSA) is 89.8 Å². The van der Waals surface area contributed by atoms with Crippen molar-refractivity contribution >= 4 is 26.6 Å². The van der Waals surface area contributed by atoms with Crippen LogP contribution < -0.4 is 5.32 Å². The first-order valence-corrected chi connectivity index (χ1v) is 9.28. The van der Waals surface area contributed by atoms with Gasteiger partial charge in [0.1, 0.15) is 18.7 Å². The van der Waals surface area contributed by atoms with Crippen LogP contribution in [-0.2, 0) is 22.9 Å². The fraction of sp³-hybridized carbons (Fsp3) is 0.267. The molecular formula is C15H14F3N5O2S. The Morgan fingerprint density at radius 1 is 1.23 bits per heavy atom. The standard InChI is InChI=1S/C15H14F3N5O2S/c1-26(24,25)11-2-3-13-12(4-11)14(21-9-20-13)19-5-10-6-22-23(7-10)8-15(16,17)18/h2-4,6-7,9H,5,8H2,1H3,(H,19,20,21). The van der Waals surface area contributed by atoms with Gasteiger partial charge in [-0.2, -0.15) is 18.3 Å². The van der Waals surface area contributed by atoms with Gasteiger partial charge in [0.2, 0.25) is 0 Å². The lowest BCUT2D eigenvalue weighted by molar-refractivity contribution is -0.142. The Morgan fingerprint density at radius 2 is 2.00 bits per heavy atom. The molecule has 0 aliphatic carbocycles. The van der Waals surface area contributed by atoms with Crippen molar-refractivity contribution in [1.82, 2.24) is 19.7 Å². The zero-order valence-electron chi connectivity index (χ0n) is 13.5. The van der Waals surface area contributed by atoms with Gasteiger partial charge in [0, 0.05) is 29.9 Å². The minimum absolute atomic E-state index is 0.126. The maximum Gasteiger partial charge on any atom is 0.408 e. The molecule has 0 radical (unpaired) electrons. The molecule has 0 aliphatic rings. The highest BCUT2D eigenvalue weighted by atomic mass is 32.2. The summed E-state index contributed by atoms with van der Waals surface area (Å²) in [5, 5.41) is 7.14. The molecule has 7 nitrogen and oxygen atoms in total. The number of sulfone groups is 1. The Hall–Kier alpha value is -2.69. The van der Waals surface area contributed by atoms with Gasteiger partial charge in [0.05, 0.1) is 16.6 Å². The summed E-state index contributed by atoms with van der Waals surface area (Å²) in [6.45, 7) is -0.992. The number of aromatic nitrogens is 4. The molecule has 0 spiro atoms. The van der Waals surface area contributed by atoms with Crippen LogP contribution in [0.15, 0.2) is 41.8 Å². The minimum Gasteiger partial charge on any atom is -0.365 e. The van der Waals surface area contributed by atoms with E-state index in [-0.39, 0.29) is 11.4 Å². The van der Waals surface area contributed by atoms with Crippen molar-refractivity contribution in [2.75, 3.05) is 11.6 Å². The van der Waals surface area contributed by atoms with Crippen molar-refractivity contribution in [3.63, 3.8) is 0 Å². The fourth-order valence-corrected chi connectivity index (χ4v) is 3.01. The van der Waals surface area contributed by atoms with Gasteiger partial charge >= 0.3 is 6.18 Å². The monoisotopic (exact) mass is 385 g/mol. The molecule has 2 aromatic heterocycles. The molecule has 0 aliphatic heterocycles. The molecule has 11 heteroatoms. The van der Waals surface area contributed by atoms with Gasteiger partial charge in [-0.15, -0.1) is 0 Å². The van der Waals surface area contributed by atoms with Crippen LogP contribution in [-0.4, -0.2) is 40.6 Å². The van der Waals surface area contributed by atoms with Crippen molar-refractivity contribution in [2.45, 2.75) is 24.2 Å². The third-order valence-corrected chi connectivity index (χ3v) is 4.63. The summed E-state index contributed by atoms with van der Waals surface area (Å²) in [6, 6.07) is 4.48.